The van der Waals surface area contributed by atoms with Crippen molar-refractivity contribution in [2.45, 2.75) is 161 Å². The molecule has 0 bridgehead atoms. The Bertz CT molecular complexity index is 862. The molecule has 1 fully saturated rings. The third-order valence-corrected chi connectivity index (χ3v) is 9.24. The highest BCUT2D eigenvalue weighted by molar-refractivity contribution is 5.69. The Morgan fingerprint density at radius 2 is 1.57 bits per heavy atom. The van der Waals surface area contributed by atoms with Crippen molar-refractivity contribution in [3.8, 4) is 0 Å². The normalized spacial score (nSPS) is 26.8. The maximum absolute atomic E-state index is 12.8. The second kappa shape index (κ2) is 20.3. The predicted octanol–water partition coefficient (Wildman–Crippen LogP) is 10.4. The van der Waals surface area contributed by atoms with Crippen LogP contribution in [0.1, 0.15) is 150 Å². The number of allylic oxidation sites excluding steroid dienone is 4. The van der Waals surface area contributed by atoms with Gasteiger partial charge < -0.3 is 14.6 Å². The maximum atomic E-state index is 12.8. The van der Waals surface area contributed by atoms with Crippen LogP contribution in [0.15, 0.2) is 48.1 Å². The SMILES string of the molecule is C=C1C/C=C\[C@@](C)(O)CC[C@H]2[C@H]1CO[C@@]2(/C=C/C=C(C)C)COC(=O)CCCCCCCCCCCCCCCCC. The van der Waals surface area contributed by atoms with Gasteiger partial charge in [-0.25, -0.2) is 0 Å². The average molecular weight is 585 g/mol. The minimum absolute atomic E-state index is 0.0942. The van der Waals surface area contributed by atoms with Crippen LogP contribution in [-0.4, -0.2) is 35.5 Å². The molecule has 0 saturated carbocycles. The number of hydrogen-bond acceptors (Lipinski definition) is 4. The van der Waals surface area contributed by atoms with Crippen LogP contribution in [0.25, 0.3) is 0 Å². The van der Waals surface area contributed by atoms with Crippen LogP contribution >= 0.6 is 0 Å². The second-order valence-electron chi connectivity index (χ2n) is 13.6. The highest BCUT2D eigenvalue weighted by Crippen LogP contribution is 2.46. The zero-order chi connectivity index (χ0) is 30.7. The fraction of sp³-hybridized carbons (Fsp3) is 0.763. The van der Waals surface area contributed by atoms with Crippen LogP contribution in [0, 0.1) is 11.8 Å². The Balaban J connectivity index is 1.72. The monoisotopic (exact) mass is 584 g/mol. The zero-order valence-corrected chi connectivity index (χ0v) is 27.8. The van der Waals surface area contributed by atoms with Crippen molar-refractivity contribution in [3.05, 3.63) is 48.1 Å². The molecule has 2 aliphatic rings. The highest BCUT2D eigenvalue weighted by Gasteiger charge is 2.50. The van der Waals surface area contributed by atoms with Gasteiger partial charge in [-0.2, -0.15) is 0 Å². The van der Waals surface area contributed by atoms with Crippen LogP contribution in [0.2, 0.25) is 0 Å². The van der Waals surface area contributed by atoms with E-state index < -0.39 is 11.2 Å². The van der Waals surface area contributed by atoms with Gasteiger partial charge in [0.1, 0.15) is 12.2 Å². The first-order valence-corrected chi connectivity index (χ1v) is 17.4. The fourth-order valence-corrected chi connectivity index (χ4v) is 6.48. The molecule has 2 rings (SSSR count). The van der Waals surface area contributed by atoms with Crippen molar-refractivity contribution in [2.24, 2.45) is 11.8 Å². The molecular formula is C38H64O4. The third-order valence-electron chi connectivity index (χ3n) is 9.24. The predicted molar refractivity (Wildman–Crippen MR) is 177 cm³/mol. The molecule has 0 spiro atoms. The Hall–Kier alpha value is -1.65. The lowest BCUT2D eigenvalue weighted by Gasteiger charge is -2.34. The number of unbranched alkanes of at least 4 members (excludes halogenated alkanes) is 14. The number of carbonyl (C=O) groups excluding carboxylic acids is 1. The quantitative estimate of drug-likeness (QED) is 0.0669. The molecule has 1 aliphatic heterocycles. The van der Waals surface area contributed by atoms with E-state index in [4.69, 9.17) is 9.47 Å². The average Bonchev–Trinajstić information content (AvgIpc) is 3.32. The molecule has 4 atom stereocenters. The molecule has 1 saturated heterocycles. The first-order valence-electron chi connectivity index (χ1n) is 17.4. The first-order chi connectivity index (χ1) is 20.2. The first kappa shape index (κ1) is 36.5. The number of esters is 1. The summed E-state index contributed by atoms with van der Waals surface area (Å²) in [6.07, 6.45) is 32.4. The van der Waals surface area contributed by atoms with E-state index >= 15 is 0 Å². The van der Waals surface area contributed by atoms with Gasteiger partial charge in [-0.05, 0) is 52.5 Å². The van der Waals surface area contributed by atoms with Crippen molar-refractivity contribution in [1.29, 1.82) is 0 Å². The van der Waals surface area contributed by atoms with E-state index in [0.29, 0.717) is 19.4 Å². The van der Waals surface area contributed by atoms with Gasteiger partial charge in [0.25, 0.3) is 0 Å². The van der Waals surface area contributed by atoms with Crippen LogP contribution in [0.5, 0.6) is 0 Å². The Morgan fingerprint density at radius 3 is 2.14 bits per heavy atom. The summed E-state index contributed by atoms with van der Waals surface area (Å²) in [5.74, 6) is 0.133. The largest absolute Gasteiger partial charge is 0.462 e. The zero-order valence-electron chi connectivity index (χ0n) is 27.8. The lowest BCUT2D eigenvalue weighted by atomic mass is 9.74. The van der Waals surface area contributed by atoms with Gasteiger partial charge >= 0.3 is 5.97 Å². The van der Waals surface area contributed by atoms with Gasteiger partial charge in [-0.15, -0.1) is 0 Å². The topological polar surface area (TPSA) is 55.8 Å². The molecule has 0 radical (unpaired) electrons. The molecule has 1 heterocycles. The van der Waals surface area contributed by atoms with Gasteiger partial charge in [0.05, 0.1) is 12.2 Å². The molecular weight excluding hydrogens is 520 g/mol. The second-order valence-corrected chi connectivity index (χ2v) is 13.6. The Kier molecular flexibility index (Phi) is 17.7. The number of rotatable bonds is 20. The molecule has 1 N–H and O–H groups in total. The Morgan fingerprint density at radius 1 is 1.00 bits per heavy atom. The minimum Gasteiger partial charge on any atom is -0.462 e. The summed E-state index contributed by atoms with van der Waals surface area (Å²) >= 11 is 0. The van der Waals surface area contributed by atoms with Crippen molar-refractivity contribution in [3.63, 3.8) is 0 Å². The van der Waals surface area contributed by atoms with E-state index in [2.05, 4.69) is 39.5 Å². The van der Waals surface area contributed by atoms with Crippen LogP contribution < -0.4 is 0 Å². The van der Waals surface area contributed by atoms with E-state index in [1.54, 1.807) is 0 Å². The fourth-order valence-electron chi connectivity index (χ4n) is 6.48. The van der Waals surface area contributed by atoms with Gasteiger partial charge in [0, 0.05) is 18.3 Å². The molecule has 42 heavy (non-hydrogen) atoms. The van der Waals surface area contributed by atoms with Crippen molar-refractivity contribution < 1.29 is 19.4 Å². The van der Waals surface area contributed by atoms with Crippen LogP contribution in [0.4, 0.5) is 0 Å². The summed E-state index contributed by atoms with van der Waals surface area (Å²) in [5, 5.41) is 10.8. The molecule has 1 aliphatic carbocycles. The molecule has 4 nitrogen and oxygen atoms in total. The summed E-state index contributed by atoms with van der Waals surface area (Å²) in [5.41, 5.74) is 0.755. The van der Waals surface area contributed by atoms with Gasteiger partial charge in [0.15, 0.2) is 0 Å². The smallest absolute Gasteiger partial charge is 0.305 e. The maximum Gasteiger partial charge on any atom is 0.305 e. The van der Waals surface area contributed by atoms with Crippen molar-refractivity contribution >= 4 is 5.97 Å². The van der Waals surface area contributed by atoms with E-state index in [9.17, 15) is 9.90 Å². The summed E-state index contributed by atoms with van der Waals surface area (Å²) < 4.78 is 12.4. The Labute approximate surface area is 259 Å². The van der Waals surface area contributed by atoms with Gasteiger partial charge in [0.2, 0.25) is 0 Å². The van der Waals surface area contributed by atoms with E-state index in [1.807, 2.05) is 25.2 Å². The molecule has 0 amide bonds. The van der Waals surface area contributed by atoms with Crippen LogP contribution in [-0.2, 0) is 14.3 Å². The summed E-state index contributed by atoms with van der Waals surface area (Å²) in [7, 11) is 0. The highest BCUT2D eigenvalue weighted by atomic mass is 16.6. The minimum atomic E-state index is -0.864. The summed E-state index contributed by atoms with van der Waals surface area (Å²) in [4.78, 5) is 12.8. The van der Waals surface area contributed by atoms with Crippen molar-refractivity contribution in [2.75, 3.05) is 13.2 Å². The lowest BCUT2D eigenvalue weighted by Crippen LogP contribution is -2.41. The third kappa shape index (κ3) is 14.2. The van der Waals surface area contributed by atoms with Crippen LogP contribution in [0.3, 0.4) is 0 Å². The number of ether oxygens (including phenoxy) is 2. The number of fused-ring (bicyclic) bond motifs is 1. The van der Waals surface area contributed by atoms with E-state index in [-0.39, 0.29) is 24.4 Å². The van der Waals surface area contributed by atoms with Crippen molar-refractivity contribution in [1.82, 2.24) is 0 Å². The number of aliphatic hydroxyl groups is 1. The summed E-state index contributed by atoms with van der Waals surface area (Å²) in [6.45, 7) is 13.4. The number of hydrogen-bond donors (Lipinski definition) is 1. The molecule has 0 aromatic carbocycles. The number of carbonyl (C=O) groups is 1. The van der Waals surface area contributed by atoms with E-state index in [0.717, 1.165) is 31.3 Å². The summed E-state index contributed by atoms with van der Waals surface area (Å²) in [6, 6.07) is 0. The molecule has 240 valence electrons. The molecule has 0 aromatic heterocycles. The van der Waals surface area contributed by atoms with E-state index in [1.165, 1.54) is 89.0 Å². The lowest BCUT2D eigenvalue weighted by molar-refractivity contribution is -0.151. The standard InChI is InChI=1S/C38H64O4/c1-6-7-8-9-10-11-12-13-14-15-16-17-18-19-20-25-36(39)41-31-38(28-21-23-32(2)3)35-26-29-37(5,40)27-22-24-33(4)34(35)30-42-38/h21-23,27-28,34-35,40H,4,6-20,24-26,29-31H2,1-3,5H3/b27-22-,28-21+/t34-,35-,37+,38-/m0/s1. The van der Waals surface area contributed by atoms with Gasteiger partial charge in [-0.1, -0.05) is 139 Å². The molecule has 0 aromatic rings. The molecule has 0 unspecified atom stereocenters. The van der Waals surface area contributed by atoms with Gasteiger partial charge in [-0.3, -0.25) is 4.79 Å². The molecule has 4 heteroatoms.